The number of hydrogen-bond donors (Lipinski definition) is 0. The van der Waals surface area contributed by atoms with E-state index < -0.39 is 0 Å². The first-order valence-electron chi connectivity index (χ1n) is 9.28. The lowest BCUT2D eigenvalue weighted by atomic mass is 10.1. The van der Waals surface area contributed by atoms with Gasteiger partial charge in [0.15, 0.2) is 0 Å². The summed E-state index contributed by atoms with van der Waals surface area (Å²) in [5.74, 6) is 0.642. The Morgan fingerprint density at radius 1 is 1.32 bits per heavy atom. The third-order valence-corrected chi connectivity index (χ3v) is 4.86. The van der Waals surface area contributed by atoms with E-state index in [9.17, 15) is 9.59 Å². The highest BCUT2D eigenvalue weighted by Gasteiger charge is 2.31. The van der Waals surface area contributed by atoms with Gasteiger partial charge in [-0.15, -0.1) is 0 Å². The van der Waals surface area contributed by atoms with E-state index in [0.29, 0.717) is 45.0 Å². The van der Waals surface area contributed by atoms with Gasteiger partial charge in [-0.05, 0) is 31.2 Å². The molecule has 0 unspecified atom stereocenters. The van der Waals surface area contributed by atoms with E-state index in [-0.39, 0.29) is 17.9 Å². The maximum absolute atomic E-state index is 12.5. The smallest absolute Gasteiger partial charge is 0.248 e. The summed E-state index contributed by atoms with van der Waals surface area (Å²) in [4.78, 5) is 32.4. The fraction of sp³-hybridized carbons (Fsp3) is 0.722. The summed E-state index contributed by atoms with van der Waals surface area (Å²) in [6, 6.07) is 1.80. The molecule has 0 spiro atoms. The van der Waals surface area contributed by atoms with Crippen molar-refractivity contribution in [3.8, 4) is 0 Å². The van der Waals surface area contributed by atoms with Gasteiger partial charge in [-0.2, -0.15) is 5.10 Å². The van der Waals surface area contributed by atoms with E-state index in [1.54, 1.807) is 6.20 Å². The molecule has 138 valence electrons. The van der Waals surface area contributed by atoms with Crippen LogP contribution >= 0.6 is 0 Å². The molecule has 2 amide bonds. The van der Waals surface area contributed by atoms with Crippen LogP contribution in [0.2, 0.25) is 0 Å². The fourth-order valence-electron chi connectivity index (χ4n) is 3.40. The summed E-state index contributed by atoms with van der Waals surface area (Å²) in [6.07, 6.45) is 5.47. The molecule has 0 radical (unpaired) electrons. The molecule has 0 bridgehead atoms. The number of carbonyl (C=O) groups excluding carboxylic acids is 2. The highest BCUT2D eigenvalue weighted by Crippen LogP contribution is 2.25. The number of amides is 2. The molecule has 3 heterocycles. The Morgan fingerprint density at radius 3 is 2.88 bits per heavy atom. The van der Waals surface area contributed by atoms with E-state index in [1.165, 1.54) is 5.06 Å². The molecule has 25 heavy (non-hydrogen) atoms. The lowest BCUT2D eigenvalue weighted by molar-refractivity contribution is -0.198. The summed E-state index contributed by atoms with van der Waals surface area (Å²) >= 11 is 0. The van der Waals surface area contributed by atoms with Crippen molar-refractivity contribution >= 4 is 11.8 Å². The van der Waals surface area contributed by atoms with E-state index >= 15 is 0 Å². The highest BCUT2D eigenvalue weighted by molar-refractivity contribution is 5.77. The molecule has 1 aromatic rings. The van der Waals surface area contributed by atoms with Gasteiger partial charge < -0.3 is 4.90 Å². The largest absolute Gasteiger partial charge is 0.335 e. The second kappa shape index (κ2) is 7.99. The molecular weight excluding hydrogens is 320 g/mol. The normalized spacial score (nSPS) is 20.7. The van der Waals surface area contributed by atoms with Gasteiger partial charge in [-0.25, -0.2) is 5.06 Å². The number of nitrogens with zero attached hydrogens (tertiary/aromatic N) is 4. The van der Waals surface area contributed by atoms with E-state index in [4.69, 9.17) is 4.84 Å². The molecule has 2 aliphatic rings. The average Bonchev–Trinajstić information content (AvgIpc) is 3.09. The van der Waals surface area contributed by atoms with Crippen molar-refractivity contribution in [1.82, 2.24) is 19.7 Å². The van der Waals surface area contributed by atoms with Crippen LogP contribution < -0.4 is 0 Å². The van der Waals surface area contributed by atoms with Gasteiger partial charge in [-0.1, -0.05) is 13.8 Å². The Bertz CT molecular complexity index is 607. The van der Waals surface area contributed by atoms with Gasteiger partial charge in [-0.3, -0.25) is 19.1 Å². The molecule has 7 heteroatoms. The third kappa shape index (κ3) is 4.39. The van der Waals surface area contributed by atoms with Gasteiger partial charge in [0.05, 0.1) is 31.3 Å². The quantitative estimate of drug-likeness (QED) is 0.818. The molecule has 0 aromatic carbocycles. The SMILES string of the molecule is CC(C)CCC(=O)N1Cc2ccnn2[C@@H](CC(=O)N2CCCCO2)C1. The maximum Gasteiger partial charge on any atom is 0.248 e. The molecule has 0 saturated carbocycles. The van der Waals surface area contributed by atoms with Crippen molar-refractivity contribution in [1.29, 1.82) is 0 Å². The van der Waals surface area contributed by atoms with Crippen molar-refractivity contribution in [3.05, 3.63) is 18.0 Å². The molecule has 1 aromatic heterocycles. The summed E-state index contributed by atoms with van der Waals surface area (Å²) in [5.41, 5.74) is 0.988. The molecule has 3 rings (SSSR count). The molecule has 1 atom stereocenters. The third-order valence-electron chi connectivity index (χ3n) is 4.86. The predicted molar refractivity (Wildman–Crippen MR) is 92.3 cm³/mol. The van der Waals surface area contributed by atoms with Crippen LogP contribution in [0.1, 0.15) is 57.7 Å². The molecule has 7 nitrogen and oxygen atoms in total. The van der Waals surface area contributed by atoms with Crippen molar-refractivity contribution in [3.63, 3.8) is 0 Å². The van der Waals surface area contributed by atoms with Gasteiger partial charge in [0.25, 0.3) is 0 Å². The van der Waals surface area contributed by atoms with Crippen LogP contribution in [-0.4, -0.2) is 51.3 Å². The number of rotatable bonds is 5. The summed E-state index contributed by atoms with van der Waals surface area (Å²) in [6.45, 7) is 6.60. The maximum atomic E-state index is 12.5. The molecule has 1 saturated heterocycles. The van der Waals surface area contributed by atoms with Gasteiger partial charge in [0.2, 0.25) is 11.8 Å². The zero-order valence-corrected chi connectivity index (χ0v) is 15.2. The van der Waals surface area contributed by atoms with Gasteiger partial charge in [0, 0.05) is 25.7 Å². The molecule has 0 aliphatic carbocycles. The number of hydrogen-bond acceptors (Lipinski definition) is 4. The minimum absolute atomic E-state index is 0.0253. The van der Waals surface area contributed by atoms with Crippen molar-refractivity contribution in [2.45, 2.75) is 58.5 Å². The first-order valence-corrected chi connectivity index (χ1v) is 9.28. The standard InChI is InChI=1S/C18H28N4O3/c1-14(2)5-6-17(23)20-12-15-7-8-19-22(15)16(13-20)11-18(24)21-9-3-4-10-25-21/h7-8,14,16H,3-6,9-13H2,1-2H3/t16-/m0/s1. The van der Waals surface area contributed by atoms with E-state index in [2.05, 4.69) is 18.9 Å². The van der Waals surface area contributed by atoms with Crippen molar-refractivity contribution < 1.29 is 14.4 Å². The van der Waals surface area contributed by atoms with Crippen LogP contribution in [-0.2, 0) is 21.0 Å². The average molecular weight is 348 g/mol. The number of fused-ring (bicyclic) bond motifs is 1. The Morgan fingerprint density at radius 2 is 2.16 bits per heavy atom. The van der Waals surface area contributed by atoms with E-state index in [1.807, 2.05) is 15.6 Å². The Labute approximate surface area is 148 Å². The number of aromatic nitrogens is 2. The van der Waals surface area contributed by atoms with Crippen molar-refractivity contribution in [2.24, 2.45) is 5.92 Å². The van der Waals surface area contributed by atoms with Gasteiger partial charge in [0.1, 0.15) is 0 Å². The first-order chi connectivity index (χ1) is 12.0. The van der Waals surface area contributed by atoms with Crippen LogP contribution in [0, 0.1) is 5.92 Å². The predicted octanol–water partition coefficient (Wildman–Crippen LogP) is 2.15. The van der Waals surface area contributed by atoms with Crippen LogP contribution in [0.3, 0.4) is 0 Å². The molecule has 0 N–H and O–H groups in total. The summed E-state index contributed by atoms with van der Waals surface area (Å²) < 4.78 is 1.90. The minimum atomic E-state index is -0.125. The fourth-order valence-corrected chi connectivity index (χ4v) is 3.40. The zero-order chi connectivity index (χ0) is 17.8. The van der Waals surface area contributed by atoms with E-state index in [0.717, 1.165) is 25.0 Å². The molecular formula is C18H28N4O3. The zero-order valence-electron chi connectivity index (χ0n) is 15.2. The second-order valence-corrected chi connectivity index (χ2v) is 7.37. The Kier molecular flexibility index (Phi) is 5.73. The van der Waals surface area contributed by atoms with Crippen LogP contribution in [0.25, 0.3) is 0 Å². The first kappa shape index (κ1) is 17.9. The van der Waals surface area contributed by atoms with Gasteiger partial charge >= 0.3 is 0 Å². The van der Waals surface area contributed by atoms with Crippen molar-refractivity contribution in [2.75, 3.05) is 19.7 Å². The number of hydroxylamine groups is 2. The topological polar surface area (TPSA) is 67.7 Å². The Hall–Kier alpha value is -1.89. The van der Waals surface area contributed by atoms with Crippen LogP contribution in [0.4, 0.5) is 0 Å². The molecule has 1 fully saturated rings. The minimum Gasteiger partial charge on any atom is -0.335 e. The van der Waals surface area contributed by atoms with Crippen LogP contribution in [0.5, 0.6) is 0 Å². The summed E-state index contributed by atoms with van der Waals surface area (Å²) in [5, 5.41) is 5.85. The highest BCUT2D eigenvalue weighted by atomic mass is 16.7. The molecule has 2 aliphatic heterocycles. The lowest BCUT2D eigenvalue weighted by Gasteiger charge is -2.35. The monoisotopic (exact) mass is 348 g/mol. The lowest BCUT2D eigenvalue weighted by Crippen LogP contribution is -2.44. The van der Waals surface area contributed by atoms with Crippen LogP contribution in [0.15, 0.2) is 12.3 Å². The summed E-state index contributed by atoms with van der Waals surface area (Å²) in [7, 11) is 0. The Balaban J connectivity index is 1.66. The second-order valence-electron chi connectivity index (χ2n) is 7.37. The number of carbonyl (C=O) groups is 2.